The van der Waals surface area contributed by atoms with Gasteiger partial charge in [-0.1, -0.05) is 12.1 Å². The second-order valence-electron chi connectivity index (χ2n) is 9.09. The first-order valence-electron chi connectivity index (χ1n) is 12.7. The lowest BCUT2D eigenvalue weighted by Gasteiger charge is -2.33. The van der Waals surface area contributed by atoms with Gasteiger partial charge in [0.15, 0.2) is 0 Å². The quantitative estimate of drug-likeness (QED) is 0.480. The second kappa shape index (κ2) is 11.7. The fraction of sp³-hybridized carbons (Fsp3) is 0.538. The topological polar surface area (TPSA) is 107 Å². The molecule has 2 aliphatic heterocycles. The van der Waals surface area contributed by atoms with E-state index in [4.69, 9.17) is 14.2 Å². The molecular formula is C26H35N3O7S. The fourth-order valence-electron chi connectivity index (χ4n) is 4.96. The van der Waals surface area contributed by atoms with Gasteiger partial charge in [0, 0.05) is 49.6 Å². The Labute approximate surface area is 218 Å². The van der Waals surface area contributed by atoms with E-state index in [9.17, 15) is 18.0 Å². The van der Waals surface area contributed by atoms with Crippen LogP contribution in [0.4, 0.5) is 4.79 Å². The molecule has 0 aliphatic carbocycles. The van der Waals surface area contributed by atoms with Crippen LogP contribution < -0.4 is 0 Å². The van der Waals surface area contributed by atoms with Gasteiger partial charge < -0.3 is 23.7 Å². The standard InChI is InChI=1S/C26H35N3O7S/c1-4-35-25(30)17-29-19(3)22(23-18-34-15-10-24(23)29)16-20-6-8-21(9-7-20)37(32,33)28-13-11-27(12-14-28)26(31)36-5-2/h6-9H,4-5,10-18H2,1-3H3. The van der Waals surface area contributed by atoms with Crippen molar-refractivity contribution in [3.8, 4) is 0 Å². The number of benzene rings is 1. The minimum absolute atomic E-state index is 0.169. The van der Waals surface area contributed by atoms with Crippen LogP contribution in [-0.4, -0.2) is 80.3 Å². The van der Waals surface area contributed by atoms with Gasteiger partial charge in [-0.15, -0.1) is 0 Å². The zero-order valence-corrected chi connectivity index (χ0v) is 22.5. The molecule has 0 saturated carbocycles. The zero-order chi connectivity index (χ0) is 26.6. The van der Waals surface area contributed by atoms with E-state index >= 15 is 0 Å². The molecule has 1 aromatic carbocycles. The maximum Gasteiger partial charge on any atom is 0.409 e. The third kappa shape index (κ3) is 5.83. The first-order valence-corrected chi connectivity index (χ1v) is 14.1. The van der Waals surface area contributed by atoms with E-state index in [1.54, 1.807) is 26.0 Å². The van der Waals surface area contributed by atoms with E-state index in [2.05, 4.69) is 0 Å². The summed E-state index contributed by atoms with van der Waals surface area (Å²) in [4.78, 5) is 25.9. The molecule has 37 heavy (non-hydrogen) atoms. The average molecular weight is 534 g/mol. The molecule has 11 heteroatoms. The number of sulfonamides is 1. The lowest BCUT2D eigenvalue weighted by Crippen LogP contribution is -2.50. The van der Waals surface area contributed by atoms with Crippen molar-refractivity contribution in [2.45, 2.75) is 51.7 Å². The highest BCUT2D eigenvalue weighted by atomic mass is 32.2. The van der Waals surface area contributed by atoms with Crippen LogP contribution in [-0.2, 0) is 55.0 Å². The molecule has 10 nitrogen and oxygen atoms in total. The number of carbonyl (C=O) groups is 2. The molecule has 2 aliphatic rings. The third-order valence-corrected chi connectivity index (χ3v) is 8.82. The van der Waals surface area contributed by atoms with Crippen LogP contribution in [0.1, 0.15) is 41.9 Å². The highest BCUT2D eigenvalue weighted by Crippen LogP contribution is 2.30. The van der Waals surface area contributed by atoms with Crippen molar-refractivity contribution in [2.75, 3.05) is 46.0 Å². The Morgan fingerprint density at radius 2 is 1.68 bits per heavy atom. The molecular weight excluding hydrogens is 498 g/mol. The molecule has 0 radical (unpaired) electrons. The maximum absolute atomic E-state index is 13.2. The van der Waals surface area contributed by atoms with Gasteiger partial charge in [0.25, 0.3) is 0 Å². The first kappa shape index (κ1) is 27.2. The van der Waals surface area contributed by atoms with E-state index in [0.717, 1.165) is 34.5 Å². The summed E-state index contributed by atoms with van der Waals surface area (Å²) in [5.74, 6) is -0.265. The van der Waals surface area contributed by atoms with Crippen molar-refractivity contribution in [2.24, 2.45) is 0 Å². The molecule has 1 aromatic heterocycles. The largest absolute Gasteiger partial charge is 0.465 e. The summed E-state index contributed by atoms with van der Waals surface area (Å²) in [6.45, 7) is 8.48. The number of carbonyl (C=O) groups excluding carboxylic acids is 2. The number of nitrogens with zero attached hydrogens (tertiary/aromatic N) is 3. The van der Waals surface area contributed by atoms with Gasteiger partial charge >= 0.3 is 12.1 Å². The highest BCUT2D eigenvalue weighted by molar-refractivity contribution is 7.89. The Morgan fingerprint density at radius 1 is 1.00 bits per heavy atom. The monoisotopic (exact) mass is 533 g/mol. The van der Waals surface area contributed by atoms with E-state index in [-0.39, 0.29) is 37.1 Å². The Kier molecular flexibility index (Phi) is 8.56. The van der Waals surface area contributed by atoms with Crippen LogP contribution in [0.15, 0.2) is 29.2 Å². The van der Waals surface area contributed by atoms with Crippen molar-refractivity contribution in [3.05, 3.63) is 52.3 Å². The normalized spacial score (nSPS) is 16.4. The third-order valence-electron chi connectivity index (χ3n) is 6.91. The average Bonchev–Trinajstić information content (AvgIpc) is 3.15. The van der Waals surface area contributed by atoms with Crippen molar-refractivity contribution >= 4 is 22.1 Å². The Balaban J connectivity index is 1.48. The minimum Gasteiger partial charge on any atom is -0.465 e. The summed E-state index contributed by atoms with van der Waals surface area (Å²) in [5.41, 5.74) is 5.28. The molecule has 0 unspecified atom stereocenters. The molecule has 1 fully saturated rings. The van der Waals surface area contributed by atoms with Gasteiger partial charge in [-0.05, 0) is 50.5 Å². The van der Waals surface area contributed by atoms with Crippen LogP contribution in [0.25, 0.3) is 0 Å². The summed E-state index contributed by atoms with van der Waals surface area (Å²) in [6.07, 6.45) is 0.921. The number of ether oxygens (including phenoxy) is 3. The van der Waals surface area contributed by atoms with Gasteiger partial charge in [0.1, 0.15) is 6.54 Å². The summed E-state index contributed by atoms with van der Waals surface area (Å²) in [7, 11) is -3.67. The van der Waals surface area contributed by atoms with Gasteiger partial charge in [0.05, 0.1) is 31.3 Å². The van der Waals surface area contributed by atoms with Crippen molar-refractivity contribution in [1.29, 1.82) is 0 Å². The zero-order valence-electron chi connectivity index (χ0n) is 21.7. The second-order valence-corrected chi connectivity index (χ2v) is 11.0. The van der Waals surface area contributed by atoms with Gasteiger partial charge in [0.2, 0.25) is 10.0 Å². The number of fused-ring (bicyclic) bond motifs is 1. The van der Waals surface area contributed by atoms with Crippen LogP contribution in [0.2, 0.25) is 0 Å². The predicted octanol–water partition coefficient (Wildman–Crippen LogP) is 2.49. The number of rotatable bonds is 8. The number of esters is 1. The van der Waals surface area contributed by atoms with Crippen molar-refractivity contribution < 1.29 is 32.2 Å². The molecule has 202 valence electrons. The van der Waals surface area contributed by atoms with Crippen LogP contribution >= 0.6 is 0 Å². The minimum atomic E-state index is -3.67. The number of hydrogen-bond donors (Lipinski definition) is 0. The molecule has 3 heterocycles. The van der Waals surface area contributed by atoms with Crippen molar-refractivity contribution in [3.63, 3.8) is 0 Å². The Hall–Kier alpha value is -2.89. The van der Waals surface area contributed by atoms with Crippen LogP contribution in [0, 0.1) is 6.92 Å². The van der Waals surface area contributed by atoms with Crippen LogP contribution in [0.3, 0.4) is 0 Å². The first-order chi connectivity index (χ1) is 17.8. The van der Waals surface area contributed by atoms with E-state index in [1.165, 1.54) is 9.21 Å². The van der Waals surface area contributed by atoms with Gasteiger partial charge in [-0.3, -0.25) is 4.79 Å². The van der Waals surface area contributed by atoms with E-state index in [1.807, 2.05) is 23.6 Å². The molecule has 2 aromatic rings. The fourth-order valence-corrected chi connectivity index (χ4v) is 6.38. The van der Waals surface area contributed by atoms with E-state index in [0.29, 0.717) is 39.3 Å². The summed E-state index contributed by atoms with van der Waals surface area (Å²) < 4.78 is 45.7. The number of piperazine rings is 1. The molecule has 0 atom stereocenters. The lowest BCUT2D eigenvalue weighted by molar-refractivity contribution is -0.143. The lowest BCUT2D eigenvalue weighted by atomic mass is 9.99. The van der Waals surface area contributed by atoms with Crippen LogP contribution in [0.5, 0.6) is 0 Å². The molecule has 0 N–H and O–H groups in total. The van der Waals surface area contributed by atoms with E-state index < -0.39 is 16.1 Å². The predicted molar refractivity (Wildman–Crippen MR) is 136 cm³/mol. The summed E-state index contributed by atoms with van der Waals surface area (Å²) in [5, 5.41) is 0. The summed E-state index contributed by atoms with van der Waals surface area (Å²) >= 11 is 0. The number of aromatic nitrogens is 1. The summed E-state index contributed by atoms with van der Waals surface area (Å²) in [6, 6.07) is 6.94. The molecule has 1 amide bonds. The van der Waals surface area contributed by atoms with Gasteiger partial charge in [-0.25, -0.2) is 13.2 Å². The Bertz CT molecular complexity index is 1230. The maximum atomic E-state index is 13.2. The molecule has 0 spiro atoms. The Morgan fingerprint density at radius 3 is 2.32 bits per heavy atom. The SMILES string of the molecule is CCOC(=O)Cn1c(C)c(Cc2ccc(S(=O)(=O)N3CCN(C(=O)OCC)CC3)cc2)c2c1CCOC2. The molecule has 4 rings (SSSR count). The molecule has 1 saturated heterocycles. The number of amides is 1. The van der Waals surface area contributed by atoms with Gasteiger partial charge in [-0.2, -0.15) is 4.31 Å². The smallest absolute Gasteiger partial charge is 0.409 e. The molecule has 0 bridgehead atoms. The highest BCUT2D eigenvalue weighted by Gasteiger charge is 2.31. The van der Waals surface area contributed by atoms with Crippen molar-refractivity contribution in [1.82, 2.24) is 13.8 Å². The number of hydrogen-bond acceptors (Lipinski definition) is 7.